The van der Waals surface area contributed by atoms with Gasteiger partial charge in [0.25, 0.3) is 0 Å². The smallest absolute Gasteiger partial charge is 0.119 e. The molecule has 0 spiro atoms. The molecule has 82 valence electrons. The van der Waals surface area contributed by atoms with Crippen molar-refractivity contribution in [1.82, 2.24) is 0 Å². The molecule has 0 amide bonds. The van der Waals surface area contributed by atoms with E-state index in [4.69, 9.17) is 0 Å². The zero-order chi connectivity index (χ0) is 11.7. The highest BCUT2D eigenvalue weighted by Gasteiger charge is 2.06. The van der Waals surface area contributed by atoms with Crippen molar-refractivity contribution < 1.29 is 10.2 Å². The minimum Gasteiger partial charge on any atom is -0.508 e. The molecule has 16 heavy (non-hydrogen) atoms. The van der Waals surface area contributed by atoms with Crippen LogP contribution in [0.5, 0.6) is 11.5 Å². The number of hydrogen-bond donors (Lipinski definition) is 2. The predicted molar refractivity (Wildman–Crippen MR) is 64.7 cm³/mol. The Labute approximate surface area is 94.8 Å². The molecule has 2 nitrogen and oxygen atoms in total. The Morgan fingerprint density at radius 3 is 2.12 bits per heavy atom. The monoisotopic (exact) mass is 214 g/mol. The van der Waals surface area contributed by atoms with Crippen LogP contribution in [0.2, 0.25) is 0 Å². The summed E-state index contributed by atoms with van der Waals surface area (Å²) in [6, 6.07) is 10.8. The topological polar surface area (TPSA) is 40.5 Å². The van der Waals surface area contributed by atoms with E-state index in [0.29, 0.717) is 5.75 Å². The molecule has 0 bridgehead atoms. The lowest BCUT2D eigenvalue weighted by Gasteiger charge is -2.09. The third-order valence-electron chi connectivity index (χ3n) is 2.70. The fourth-order valence-corrected chi connectivity index (χ4v) is 1.78. The first kappa shape index (κ1) is 10.6. The highest BCUT2D eigenvalue weighted by Crippen LogP contribution is 2.31. The van der Waals surface area contributed by atoms with Gasteiger partial charge in [-0.3, -0.25) is 0 Å². The van der Waals surface area contributed by atoms with Crippen LogP contribution in [-0.2, 0) is 0 Å². The highest BCUT2D eigenvalue weighted by molar-refractivity contribution is 5.71. The van der Waals surface area contributed by atoms with Crippen molar-refractivity contribution in [2.45, 2.75) is 13.8 Å². The number of phenols is 2. The Morgan fingerprint density at radius 2 is 1.50 bits per heavy atom. The van der Waals surface area contributed by atoms with Gasteiger partial charge in [0.1, 0.15) is 11.5 Å². The van der Waals surface area contributed by atoms with Crippen LogP contribution in [0.3, 0.4) is 0 Å². The van der Waals surface area contributed by atoms with Crippen molar-refractivity contribution in [3.63, 3.8) is 0 Å². The fraction of sp³-hybridized carbons (Fsp3) is 0.143. The third kappa shape index (κ3) is 1.87. The molecule has 0 radical (unpaired) electrons. The molecule has 0 atom stereocenters. The van der Waals surface area contributed by atoms with Gasteiger partial charge in [-0.1, -0.05) is 18.2 Å². The molecule has 2 heteroatoms. The van der Waals surface area contributed by atoms with Gasteiger partial charge < -0.3 is 10.2 Å². The number of hydrogen-bond acceptors (Lipinski definition) is 2. The van der Waals surface area contributed by atoms with Crippen molar-refractivity contribution in [1.29, 1.82) is 0 Å². The first-order chi connectivity index (χ1) is 7.58. The largest absolute Gasteiger partial charge is 0.508 e. The summed E-state index contributed by atoms with van der Waals surface area (Å²) in [7, 11) is 0. The van der Waals surface area contributed by atoms with Crippen LogP contribution in [0.1, 0.15) is 11.1 Å². The molecule has 2 rings (SSSR count). The van der Waals surface area contributed by atoms with Crippen LogP contribution in [0.4, 0.5) is 0 Å². The standard InChI is InChI=1S/C14H14O2/c1-9-7-13(10(2)14(16)8-9)11-3-5-12(15)6-4-11/h3-8,15-16H,1-2H3. The molecule has 0 aliphatic rings. The van der Waals surface area contributed by atoms with Gasteiger partial charge in [0.05, 0.1) is 0 Å². The highest BCUT2D eigenvalue weighted by atomic mass is 16.3. The number of phenolic OH excluding ortho intramolecular Hbond substituents is 2. The quantitative estimate of drug-likeness (QED) is 0.764. The van der Waals surface area contributed by atoms with E-state index >= 15 is 0 Å². The molecular weight excluding hydrogens is 200 g/mol. The van der Waals surface area contributed by atoms with Crippen LogP contribution >= 0.6 is 0 Å². The lowest BCUT2D eigenvalue weighted by molar-refractivity contribution is 0.471. The van der Waals surface area contributed by atoms with Gasteiger partial charge in [0.15, 0.2) is 0 Å². The Morgan fingerprint density at radius 1 is 0.875 bits per heavy atom. The van der Waals surface area contributed by atoms with Gasteiger partial charge in [-0.05, 0) is 54.3 Å². The number of benzene rings is 2. The molecule has 2 N–H and O–H groups in total. The maximum absolute atomic E-state index is 9.75. The van der Waals surface area contributed by atoms with E-state index in [0.717, 1.165) is 22.3 Å². The van der Waals surface area contributed by atoms with Gasteiger partial charge in [0, 0.05) is 0 Å². The van der Waals surface area contributed by atoms with E-state index in [9.17, 15) is 10.2 Å². The van der Waals surface area contributed by atoms with E-state index in [2.05, 4.69) is 0 Å². The van der Waals surface area contributed by atoms with Crippen LogP contribution < -0.4 is 0 Å². The molecule has 0 heterocycles. The second kappa shape index (κ2) is 3.89. The number of rotatable bonds is 1. The van der Waals surface area contributed by atoms with Gasteiger partial charge in [-0.2, -0.15) is 0 Å². The van der Waals surface area contributed by atoms with Crippen molar-refractivity contribution in [2.75, 3.05) is 0 Å². The van der Waals surface area contributed by atoms with Crippen molar-refractivity contribution in [3.8, 4) is 22.6 Å². The van der Waals surface area contributed by atoms with Crippen molar-refractivity contribution in [2.24, 2.45) is 0 Å². The molecule has 2 aromatic rings. The minimum absolute atomic E-state index is 0.248. The zero-order valence-corrected chi connectivity index (χ0v) is 9.36. The Balaban J connectivity index is 2.59. The van der Waals surface area contributed by atoms with E-state index in [1.54, 1.807) is 18.2 Å². The molecule has 0 saturated carbocycles. The second-order valence-corrected chi connectivity index (χ2v) is 4.00. The summed E-state index contributed by atoms with van der Waals surface area (Å²) in [5, 5.41) is 19.0. The second-order valence-electron chi connectivity index (χ2n) is 4.00. The summed E-state index contributed by atoms with van der Waals surface area (Å²) in [6.45, 7) is 3.83. The zero-order valence-electron chi connectivity index (χ0n) is 9.36. The Bertz CT molecular complexity index is 513. The molecule has 0 saturated heterocycles. The van der Waals surface area contributed by atoms with E-state index < -0.39 is 0 Å². The van der Waals surface area contributed by atoms with E-state index in [-0.39, 0.29) is 5.75 Å². The summed E-state index contributed by atoms with van der Waals surface area (Å²) in [5.74, 6) is 0.557. The van der Waals surface area contributed by atoms with Crippen LogP contribution in [0.25, 0.3) is 11.1 Å². The molecule has 2 aromatic carbocycles. The van der Waals surface area contributed by atoms with E-state index in [1.165, 1.54) is 0 Å². The maximum Gasteiger partial charge on any atom is 0.119 e. The molecule has 0 fully saturated rings. The van der Waals surface area contributed by atoms with Gasteiger partial charge >= 0.3 is 0 Å². The average molecular weight is 214 g/mol. The summed E-state index contributed by atoms with van der Waals surface area (Å²) >= 11 is 0. The molecule has 0 aliphatic carbocycles. The predicted octanol–water partition coefficient (Wildman–Crippen LogP) is 3.38. The maximum atomic E-state index is 9.75. The number of aryl methyl sites for hydroxylation is 1. The van der Waals surface area contributed by atoms with Crippen LogP contribution in [0, 0.1) is 13.8 Å². The Kier molecular flexibility index (Phi) is 2.57. The molecule has 0 aliphatic heterocycles. The summed E-state index contributed by atoms with van der Waals surface area (Å²) in [6.07, 6.45) is 0. The number of aromatic hydroxyl groups is 2. The van der Waals surface area contributed by atoms with Crippen LogP contribution in [-0.4, -0.2) is 10.2 Å². The summed E-state index contributed by atoms with van der Waals surface area (Å²) < 4.78 is 0. The van der Waals surface area contributed by atoms with Gasteiger partial charge in [-0.25, -0.2) is 0 Å². The normalized spacial score (nSPS) is 10.4. The molecular formula is C14H14O2. The third-order valence-corrected chi connectivity index (χ3v) is 2.70. The summed E-state index contributed by atoms with van der Waals surface area (Å²) in [5.41, 5.74) is 3.87. The van der Waals surface area contributed by atoms with E-state index in [1.807, 2.05) is 32.0 Å². The lowest BCUT2D eigenvalue weighted by Crippen LogP contribution is -1.86. The minimum atomic E-state index is 0.248. The van der Waals surface area contributed by atoms with Crippen molar-refractivity contribution >= 4 is 0 Å². The summed E-state index contributed by atoms with van der Waals surface area (Å²) in [4.78, 5) is 0. The Hall–Kier alpha value is -1.96. The first-order valence-corrected chi connectivity index (χ1v) is 5.17. The van der Waals surface area contributed by atoms with Gasteiger partial charge in [-0.15, -0.1) is 0 Å². The lowest BCUT2D eigenvalue weighted by atomic mass is 9.97. The van der Waals surface area contributed by atoms with Gasteiger partial charge in [0.2, 0.25) is 0 Å². The molecule has 0 aromatic heterocycles. The fourth-order valence-electron chi connectivity index (χ4n) is 1.78. The molecule has 0 unspecified atom stereocenters. The first-order valence-electron chi connectivity index (χ1n) is 5.17. The SMILES string of the molecule is Cc1cc(O)c(C)c(-c2ccc(O)cc2)c1. The van der Waals surface area contributed by atoms with Crippen LogP contribution in [0.15, 0.2) is 36.4 Å². The van der Waals surface area contributed by atoms with Crippen molar-refractivity contribution in [3.05, 3.63) is 47.5 Å². The average Bonchev–Trinajstić information content (AvgIpc) is 2.25.